The molecule has 0 unspecified atom stereocenters. The molecule has 0 fully saturated rings. The molecule has 0 aliphatic carbocycles. The van der Waals surface area contributed by atoms with Crippen LogP contribution in [-0.2, 0) is 0 Å². The molecule has 0 atom stereocenters. The van der Waals surface area contributed by atoms with E-state index in [1.54, 1.807) is 0 Å². The second-order valence-corrected chi connectivity index (χ2v) is 5.63. The number of hydrogen-bond donors (Lipinski definition) is 1. The number of hydrogen-bond acceptors (Lipinski definition) is 2. The zero-order valence-corrected chi connectivity index (χ0v) is 9.98. The molecule has 16 heavy (non-hydrogen) atoms. The van der Waals surface area contributed by atoms with Crippen LogP contribution in [0.15, 0.2) is 35.5 Å². The zero-order valence-electron chi connectivity index (χ0n) is 8.27. The van der Waals surface area contributed by atoms with E-state index < -0.39 is 0 Å². The van der Waals surface area contributed by atoms with E-state index in [9.17, 15) is 0 Å². The first kappa shape index (κ1) is 8.50. The van der Waals surface area contributed by atoms with Gasteiger partial charge in [-0.05, 0) is 0 Å². The molecular formula is C12H7N3Se. The maximum absolute atomic E-state index is 4.49. The number of fused-ring (bicyclic) bond motifs is 5. The molecule has 3 nitrogen and oxygen atoms in total. The van der Waals surface area contributed by atoms with E-state index in [4.69, 9.17) is 0 Å². The van der Waals surface area contributed by atoms with E-state index in [0.29, 0.717) is 14.5 Å². The van der Waals surface area contributed by atoms with Crippen LogP contribution in [0.3, 0.4) is 0 Å². The predicted octanol–water partition coefficient (Wildman–Crippen LogP) is 2.32. The molecular weight excluding hydrogens is 265 g/mol. The molecule has 4 heteroatoms. The topological polar surface area (TPSA) is 41.6 Å². The van der Waals surface area contributed by atoms with Crippen LogP contribution in [0.4, 0.5) is 0 Å². The van der Waals surface area contributed by atoms with Crippen LogP contribution in [0.2, 0.25) is 0 Å². The van der Waals surface area contributed by atoms with Crippen LogP contribution in [0.5, 0.6) is 0 Å². The van der Waals surface area contributed by atoms with Crippen molar-refractivity contribution in [3.8, 4) is 0 Å². The molecule has 4 aromatic rings. The first-order valence-corrected chi connectivity index (χ1v) is 6.87. The summed E-state index contributed by atoms with van der Waals surface area (Å²) in [6.07, 6.45) is 3.76. The number of nitrogens with one attached hydrogen (secondary N) is 1. The van der Waals surface area contributed by atoms with Gasteiger partial charge in [-0.15, -0.1) is 0 Å². The SMILES string of the molecule is c1cnc2[nH]c3c(cnc4cc[se]c43)c2c1. The Morgan fingerprint density at radius 3 is 3.12 bits per heavy atom. The van der Waals surface area contributed by atoms with Gasteiger partial charge in [0.25, 0.3) is 0 Å². The molecule has 0 saturated carbocycles. The number of nitrogens with zero attached hydrogens (tertiary/aromatic N) is 2. The van der Waals surface area contributed by atoms with Gasteiger partial charge in [0, 0.05) is 0 Å². The predicted molar refractivity (Wildman–Crippen MR) is 65.8 cm³/mol. The Balaban J connectivity index is 2.38. The van der Waals surface area contributed by atoms with Crippen molar-refractivity contribution in [1.82, 2.24) is 15.0 Å². The minimum absolute atomic E-state index is 0.405. The summed E-state index contributed by atoms with van der Waals surface area (Å²) in [6, 6.07) is 6.16. The Labute approximate surface area is 96.9 Å². The van der Waals surface area contributed by atoms with Crippen molar-refractivity contribution in [2.75, 3.05) is 0 Å². The van der Waals surface area contributed by atoms with Crippen LogP contribution in [0.25, 0.3) is 31.7 Å². The monoisotopic (exact) mass is 273 g/mol. The molecule has 76 valence electrons. The summed E-state index contributed by atoms with van der Waals surface area (Å²) < 4.78 is 1.35. The molecule has 0 aromatic carbocycles. The molecule has 0 saturated heterocycles. The fraction of sp³-hybridized carbons (Fsp3) is 0. The van der Waals surface area contributed by atoms with Crippen LogP contribution >= 0.6 is 0 Å². The van der Waals surface area contributed by atoms with E-state index in [1.807, 2.05) is 18.5 Å². The van der Waals surface area contributed by atoms with E-state index >= 15 is 0 Å². The molecule has 0 amide bonds. The van der Waals surface area contributed by atoms with E-state index in [0.717, 1.165) is 16.6 Å². The van der Waals surface area contributed by atoms with Crippen molar-refractivity contribution < 1.29 is 0 Å². The number of rotatable bonds is 0. The Hall–Kier alpha value is -1.64. The Bertz CT molecular complexity index is 813. The summed E-state index contributed by atoms with van der Waals surface area (Å²) in [5.74, 6) is 0. The van der Waals surface area contributed by atoms with Crippen LogP contribution in [-0.4, -0.2) is 29.5 Å². The van der Waals surface area contributed by atoms with Crippen molar-refractivity contribution in [1.29, 1.82) is 0 Å². The Morgan fingerprint density at radius 2 is 2.12 bits per heavy atom. The summed E-state index contributed by atoms with van der Waals surface area (Å²) in [6.45, 7) is 0. The zero-order chi connectivity index (χ0) is 10.5. The van der Waals surface area contributed by atoms with Crippen molar-refractivity contribution in [2.45, 2.75) is 0 Å². The normalized spacial score (nSPS) is 11.8. The summed E-state index contributed by atoms with van der Waals surface area (Å²) >= 11 is 0.405. The Morgan fingerprint density at radius 1 is 1.12 bits per heavy atom. The summed E-state index contributed by atoms with van der Waals surface area (Å²) in [5.41, 5.74) is 3.28. The van der Waals surface area contributed by atoms with Crippen molar-refractivity contribution in [3.63, 3.8) is 0 Å². The molecule has 1 N–H and O–H groups in total. The van der Waals surface area contributed by atoms with Gasteiger partial charge in [0.15, 0.2) is 0 Å². The molecule has 4 aromatic heterocycles. The summed E-state index contributed by atoms with van der Waals surface area (Å²) in [4.78, 5) is 14.5. The number of aromatic nitrogens is 3. The van der Waals surface area contributed by atoms with Gasteiger partial charge in [-0.2, -0.15) is 0 Å². The standard InChI is InChI=1S/C12H7N3Se/c1-2-7-8-6-14-9-3-5-16-11(9)10(8)15-12(7)13-4-1/h1-6H,(H,13,15). The van der Waals surface area contributed by atoms with E-state index in [1.165, 1.54) is 15.2 Å². The Kier molecular flexibility index (Phi) is 1.56. The first-order valence-electron chi connectivity index (χ1n) is 5.02. The third-order valence-corrected chi connectivity index (χ3v) is 4.75. The molecule has 0 bridgehead atoms. The third-order valence-electron chi connectivity index (χ3n) is 2.81. The fourth-order valence-corrected chi connectivity index (χ4v) is 3.87. The van der Waals surface area contributed by atoms with Crippen LogP contribution < -0.4 is 0 Å². The molecule has 4 heterocycles. The van der Waals surface area contributed by atoms with Crippen molar-refractivity contribution in [2.24, 2.45) is 0 Å². The first-order chi connectivity index (χ1) is 7.93. The van der Waals surface area contributed by atoms with Crippen LogP contribution in [0.1, 0.15) is 0 Å². The van der Waals surface area contributed by atoms with Gasteiger partial charge in [-0.1, -0.05) is 0 Å². The third kappa shape index (κ3) is 0.979. The minimum atomic E-state index is 0.405. The van der Waals surface area contributed by atoms with Gasteiger partial charge < -0.3 is 0 Å². The quantitative estimate of drug-likeness (QED) is 0.499. The van der Waals surface area contributed by atoms with Gasteiger partial charge in [0.2, 0.25) is 0 Å². The van der Waals surface area contributed by atoms with Gasteiger partial charge in [0.1, 0.15) is 0 Å². The average Bonchev–Trinajstić information content (AvgIpc) is 2.92. The van der Waals surface area contributed by atoms with Crippen molar-refractivity contribution >= 4 is 46.2 Å². The molecule has 0 spiro atoms. The van der Waals surface area contributed by atoms with Gasteiger partial charge in [-0.25, -0.2) is 0 Å². The second-order valence-electron chi connectivity index (χ2n) is 3.71. The van der Waals surface area contributed by atoms with Gasteiger partial charge in [-0.3, -0.25) is 0 Å². The molecule has 0 aliphatic rings. The van der Waals surface area contributed by atoms with Crippen molar-refractivity contribution in [3.05, 3.63) is 35.5 Å². The number of aromatic amines is 1. The second kappa shape index (κ2) is 2.94. The summed E-state index contributed by atoms with van der Waals surface area (Å²) in [5, 5.41) is 2.35. The van der Waals surface area contributed by atoms with E-state index in [2.05, 4.69) is 32.0 Å². The average molecular weight is 272 g/mol. The maximum atomic E-state index is 4.49. The number of pyridine rings is 2. The van der Waals surface area contributed by atoms with Crippen LogP contribution in [0, 0.1) is 0 Å². The molecule has 4 rings (SSSR count). The summed E-state index contributed by atoms with van der Waals surface area (Å²) in [7, 11) is 0. The number of H-pyrrole nitrogens is 1. The van der Waals surface area contributed by atoms with Gasteiger partial charge in [0.05, 0.1) is 0 Å². The molecule has 0 radical (unpaired) electrons. The van der Waals surface area contributed by atoms with E-state index in [-0.39, 0.29) is 0 Å². The van der Waals surface area contributed by atoms with Gasteiger partial charge >= 0.3 is 96.7 Å². The fourth-order valence-electron chi connectivity index (χ4n) is 2.08. The molecule has 0 aliphatic heterocycles.